The third-order valence-corrected chi connectivity index (χ3v) is 11.0. The number of hydrogen-bond acceptors (Lipinski definition) is 6. The quantitative estimate of drug-likeness (QED) is 0.222. The van der Waals surface area contributed by atoms with Crippen LogP contribution < -0.4 is 9.06 Å². The summed E-state index contributed by atoms with van der Waals surface area (Å²) < 4.78 is 5.33. The maximum Gasteiger partial charge on any atom is 0.0449 e. The van der Waals surface area contributed by atoms with Gasteiger partial charge in [-0.15, -0.1) is 68.0 Å². The van der Waals surface area contributed by atoms with Crippen molar-refractivity contribution in [2.75, 3.05) is 0 Å². The maximum atomic E-state index is 2.29. The molecule has 0 nitrogen and oxygen atoms in total. The Hall–Kier alpha value is -2.06. The third kappa shape index (κ3) is 3.92. The Labute approximate surface area is 209 Å². The minimum atomic E-state index is 1.33. The van der Waals surface area contributed by atoms with E-state index in [0.29, 0.717) is 0 Å². The summed E-state index contributed by atoms with van der Waals surface area (Å²) in [6, 6.07) is 26.6. The Balaban J connectivity index is 1.60. The van der Waals surface area contributed by atoms with E-state index in [2.05, 4.69) is 94.3 Å². The summed E-state index contributed by atoms with van der Waals surface area (Å²) in [5.74, 6) is 0. The average molecular weight is 521 g/mol. The molecule has 0 radical (unpaired) electrons. The van der Waals surface area contributed by atoms with Crippen LogP contribution in [0.15, 0.2) is 94.3 Å². The normalized spacial score (nSPS) is 12.2. The Bertz CT molecular complexity index is 1440. The summed E-state index contributed by atoms with van der Waals surface area (Å²) in [7, 11) is 0. The predicted octanol–water partition coefficient (Wildman–Crippen LogP) is 7.84. The molecule has 6 heteroatoms. The van der Waals surface area contributed by atoms with E-state index in [4.69, 9.17) is 0 Å². The second-order valence-electron chi connectivity index (χ2n) is 6.99. The van der Waals surface area contributed by atoms with E-state index in [9.17, 15) is 0 Å². The van der Waals surface area contributed by atoms with Crippen LogP contribution in [-0.2, 0) is 0 Å². The molecule has 6 aromatic heterocycles. The zero-order valence-electron chi connectivity index (χ0n) is 16.7. The Morgan fingerprint density at radius 1 is 0.406 bits per heavy atom. The Kier molecular flexibility index (Phi) is 5.81. The second kappa shape index (κ2) is 9.06. The second-order valence-corrected chi connectivity index (χ2v) is 12.9. The molecule has 0 unspecified atom stereocenters. The topological polar surface area (TPSA) is 0 Å². The van der Waals surface area contributed by atoms with Gasteiger partial charge in [-0.3, -0.25) is 0 Å². The van der Waals surface area contributed by atoms with Crippen molar-refractivity contribution in [2.45, 2.75) is 0 Å². The fourth-order valence-corrected chi connectivity index (χ4v) is 9.45. The van der Waals surface area contributed by atoms with E-state index >= 15 is 0 Å². The maximum absolute atomic E-state index is 2.29. The molecule has 0 saturated heterocycles. The van der Waals surface area contributed by atoms with Crippen molar-refractivity contribution in [1.29, 1.82) is 0 Å². The minimum absolute atomic E-state index is 1.33. The van der Waals surface area contributed by atoms with E-state index in [-0.39, 0.29) is 0 Å². The molecule has 0 spiro atoms. The van der Waals surface area contributed by atoms with Gasteiger partial charge in [0.2, 0.25) is 0 Å². The van der Waals surface area contributed by atoms with Crippen molar-refractivity contribution in [3.63, 3.8) is 0 Å². The van der Waals surface area contributed by atoms with Gasteiger partial charge in [0.1, 0.15) is 0 Å². The monoisotopic (exact) mass is 520 g/mol. The zero-order chi connectivity index (χ0) is 21.3. The van der Waals surface area contributed by atoms with Gasteiger partial charge in [0, 0.05) is 48.8 Å². The first kappa shape index (κ1) is 20.5. The lowest BCUT2D eigenvalue weighted by molar-refractivity contribution is 1.71. The molecule has 0 saturated carbocycles. The van der Waals surface area contributed by atoms with Crippen LogP contribution >= 0.6 is 68.0 Å². The Morgan fingerprint density at radius 2 is 0.750 bits per heavy atom. The molecule has 0 aliphatic carbocycles. The summed E-state index contributed by atoms with van der Waals surface area (Å²) in [6.45, 7) is 0. The third-order valence-electron chi connectivity index (χ3n) is 5.02. The lowest BCUT2D eigenvalue weighted by Crippen LogP contribution is -1.99. The van der Waals surface area contributed by atoms with Gasteiger partial charge in [0.15, 0.2) is 0 Å². The molecule has 0 amide bonds. The van der Waals surface area contributed by atoms with E-state index in [0.717, 1.165) is 0 Å². The highest BCUT2D eigenvalue weighted by atomic mass is 32.1. The molecular weight excluding hydrogens is 505 g/mol. The van der Waals surface area contributed by atoms with Gasteiger partial charge in [0.25, 0.3) is 0 Å². The summed E-state index contributed by atoms with van der Waals surface area (Å²) >= 11 is 11.0. The van der Waals surface area contributed by atoms with Crippen molar-refractivity contribution in [2.24, 2.45) is 0 Å². The largest absolute Gasteiger partial charge is 0.144 e. The highest BCUT2D eigenvalue weighted by molar-refractivity contribution is 7.16. The standard InChI is InChI=1S/C26H16S6/c1-5-19(27-13-1)25(20-6-2-14-28-20)23-11-9-17(31-23)18-10-12-24(32-18)26(21-7-3-15-29-21)22-8-4-16-30-22/h1-16H/b18-17-. The van der Waals surface area contributed by atoms with Crippen molar-refractivity contribution >= 4 is 79.2 Å². The molecule has 0 aliphatic rings. The van der Waals surface area contributed by atoms with Gasteiger partial charge < -0.3 is 0 Å². The molecule has 0 atom stereocenters. The van der Waals surface area contributed by atoms with Gasteiger partial charge in [-0.25, -0.2) is 0 Å². The number of hydrogen-bond donors (Lipinski definition) is 0. The molecule has 0 fully saturated rings. The van der Waals surface area contributed by atoms with Crippen LogP contribution in [0.4, 0.5) is 0 Å². The molecule has 0 bridgehead atoms. The summed E-state index contributed by atoms with van der Waals surface area (Å²) in [5, 5.41) is 8.65. The van der Waals surface area contributed by atoms with Gasteiger partial charge in [0.05, 0.1) is 0 Å². The lowest BCUT2D eigenvalue weighted by Gasteiger charge is -2.00. The van der Waals surface area contributed by atoms with E-state index in [1.165, 1.54) is 48.8 Å². The SMILES string of the molecule is c1csc(C(c2cccs2)=c2cc/c(=c3\ccc(=C(c4cccs4)c4cccs4)s3)s2)c1. The predicted molar refractivity (Wildman–Crippen MR) is 146 cm³/mol. The Morgan fingerprint density at radius 3 is 1.03 bits per heavy atom. The summed E-state index contributed by atoms with van der Waals surface area (Å²) in [4.78, 5) is 5.33. The first-order chi connectivity index (χ1) is 15.9. The molecule has 0 N–H and O–H groups in total. The molecule has 0 aliphatic heterocycles. The van der Waals surface area contributed by atoms with E-state index in [1.807, 2.05) is 68.0 Å². The lowest BCUT2D eigenvalue weighted by atomic mass is 10.2. The molecule has 0 aromatic carbocycles. The molecule has 156 valence electrons. The van der Waals surface area contributed by atoms with Crippen molar-refractivity contribution in [1.82, 2.24) is 0 Å². The van der Waals surface area contributed by atoms with E-state index in [1.54, 1.807) is 0 Å². The van der Waals surface area contributed by atoms with Crippen molar-refractivity contribution in [3.05, 3.63) is 132 Å². The van der Waals surface area contributed by atoms with Crippen LogP contribution in [0.25, 0.3) is 11.1 Å². The minimum Gasteiger partial charge on any atom is -0.144 e. The van der Waals surface area contributed by atoms with Gasteiger partial charge in [-0.05, 0) is 70.1 Å². The van der Waals surface area contributed by atoms with Gasteiger partial charge in [-0.2, -0.15) is 0 Å². The van der Waals surface area contributed by atoms with Gasteiger partial charge in [-0.1, -0.05) is 24.3 Å². The molecular formula is C26H16S6. The smallest absolute Gasteiger partial charge is 0.0449 e. The number of rotatable bonds is 4. The number of thiophene rings is 6. The highest BCUT2D eigenvalue weighted by Crippen LogP contribution is 2.30. The molecule has 32 heavy (non-hydrogen) atoms. The zero-order valence-corrected chi connectivity index (χ0v) is 21.6. The molecule has 6 heterocycles. The molecule has 6 rings (SSSR count). The average Bonchev–Trinajstić information content (AvgIpc) is 3.66. The van der Waals surface area contributed by atoms with Crippen LogP contribution in [0.3, 0.4) is 0 Å². The highest BCUT2D eigenvalue weighted by Gasteiger charge is 2.11. The van der Waals surface area contributed by atoms with Crippen molar-refractivity contribution < 1.29 is 0 Å². The first-order valence-corrected chi connectivity index (χ1v) is 15.1. The molecule has 6 aromatic rings. The first-order valence-electron chi connectivity index (χ1n) is 9.97. The van der Waals surface area contributed by atoms with Crippen LogP contribution in [0, 0.1) is 9.06 Å². The fourth-order valence-electron chi connectivity index (χ4n) is 3.62. The summed E-state index contributed by atoms with van der Waals surface area (Å²) in [6.07, 6.45) is 0. The summed E-state index contributed by atoms with van der Waals surface area (Å²) in [5.41, 5.74) is 2.71. The van der Waals surface area contributed by atoms with Crippen LogP contribution in [0.5, 0.6) is 0 Å². The van der Waals surface area contributed by atoms with Gasteiger partial charge >= 0.3 is 0 Å². The van der Waals surface area contributed by atoms with Crippen LogP contribution in [-0.4, -0.2) is 0 Å². The van der Waals surface area contributed by atoms with Crippen molar-refractivity contribution in [3.8, 4) is 0 Å². The van der Waals surface area contributed by atoms with E-state index < -0.39 is 0 Å². The fraction of sp³-hybridized carbons (Fsp3) is 0. The van der Waals surface area contributed by atoms with Crippen LogP contribution in [0.2, 0.25) is 0 Å². The van der Waals surface area contributed by atoms with Crippen LogP contribution in [0.1, 0.15) is 19.5 Å².